The standard InChI is InChI=1S/C18H26F3N3O/c1-3-5-14(2)22-17(25)13-23-8-10-24(11-9-23)16-7-4-6-15(12-16)18(19,20)21/h4,6-7,12,14H,3,5,8-11,13H2,1-2H3,(H,22,25)/p+1/t14-/m1/s1. The van der Waals surface area contributed by atoms with Crippen molar-refractivity contribution in [2.45, 2.75) is 38.9 Å². The summed E-state index contributed by atoms with van der Waals surface area (Å²) in [5.41, 5.74) is -0.0287. The van der Waals surface area contributed by atoms with E-state index in [4.69, 9.17) is 0 Å². The molecule has 0 aliphatic carbocycles. The number of nitrogens with zero attached hydrogens (tertiary/aromatic N) is 1. The lowest BCUT2D eigenvalue weighted by molar-refractivity contribution is -0.892. The van der Waals surface area contributed by atoms with Crippen molar-refractivity contribution in [3.05, 3.63) is 29.8 Å². The number of hydrogen-bond acceptors (Lipinski definition) is 2. The minimum absolute atomic E-state index is 0.0449. The van der Waals surface area contributed by atoms with Gasteiger partial charge in [0.25, 0.3) is 5.91 Å². The predicted molar refractivity (Wildman–Crippen MR) is 91.7 cm³/mol. The Morgan fingerprint density at radius 1 is 1.32 bits per heavy atom. The number of hydrogen-bond donors (Lipinski definition) is 2. The summed E-state index contributed by atoms with van der Waals surface area (Å²) in [6.07, 6.45) is -2.33. The SMILES string of the molecule is CCC[C@@H](C)NC(=O)C[NH+]1CCN(c2cccc(C(F)(F)F)c2)CC1. The number of anilines is 1. The summed E-state index contributed by atoms with van der Waals surface area (Å²) >= 11 is 0. The number of quaternary nitrogens is 1. The van der Waals surface area contributed by atoms with Gasteiger partial charge in [-0.3, -0.25) is 4.79 Å². The van der Waals surface area contributed by atoms with Gasteiger partial charge < -0.3 is 15.1 Å². The van der Waals surface area contributed by atoms with Crippen molar-refractivity contribution < 1.29 is 22.9 Å². The van der Waals surface area contributed by atoms with Crippen LogP contribution in [0.25, 0.3) is 0 Å². The molecule has 1 aliphatic heterocycles. The second-order valence-corrected chi connectivity index (χ2v) is 6.72. The van der Waals surface area contributed by atoms with Crippen molar-refractivity contribution in [2.24, 2.45) is 0 Å². The van der Waals surface area contributed by atoms with Crippen molar-refractivity contribution in [3.63, 3.8) is 0 Å². The third-order valence-electron chi connectivity index (χ3n) is 4.55. The van der Waals surface area contributed by atoms with E-state index >= 15 is 0 Å². The molecule has 0 spiro atoms. The van der Waals surface area contributed by atoms with Crippen LogP contribution in [0.4, 0.5) is 18.9 Å². The summed E-state index contributed by atoms with van der Waals surface area (Å²) < 4.78 is 38.5. The summed E-state index contributed by atoms with van der Waals surface area (Å²) in [6.45, 7) is 7.29. The van der Waals surface area contributed by atoms with Crippen molar-refractivity contribution in [3.8, 4) is 0 Å². The molecule has 4 nitrogen and oxygen atoms in total. The number of halogens is 3. The predicted octanol–water partition coefficient (Wildman–Crippen LogP) is 1.72. The molecule has 0 radical (unpaired) electrons. The average molecular weight is 358 g/mol. The van der Waals surface area contributed by atoms with Crippen molar-refractivity contribution in [2.75, 3.05) is 37.6 Å². The molecule has 2 N–H and O–H groups in total. The van der Waals surface area contributed by atoms with Gasteiger partial charge >= 0.3 is 6.18 Å². The van der Waals surface area contributed by atoms with E-state index in [0.29, 0.717) is 25.3 Å². The summed E-state index contributed by atoms with van der Waals surface area (Å²) in [6, 6.07) is 5.62. The Hall–Kier alpha value is -1.76. The Morgan fingerprint density at radius 2 is 2.00 bits per heavy atom. The number of amides is 1. The molecular weight excluding hydrogens is 331 g/mol. The normalized spacial score (nSPS) is 17.4. The van der Waals surface area contributed by atoms with Crippen molar-refractivity contribution in [1.29, 1.82) is 0 Å². The minimum atomic E-state index is -4.32. The van der Waals surface area contributed by atoms with E-state index < -0.39 is 11.7 Å². The van der Waals surface area contributed by atoms with Gasteiger partial charge in [-0.2, -0.15) is 13.2 Å². The zero-order valence-electron chi connectivity index (χ0n) is 14.8. The van der Waals surface area contributed by atoms with Crippen LogP contribution in [0.2, 0.25) is 0 Å². The van der Waals surface area contributed by atoms with Crippen LogP contribution < -0.4 is 15.1 Å². The first-order chi connectivity index (χ1) is 11.8. The van der Waals surface area contributed by atoms with E-state index in [9.17, 15) is 18.0 Å². The lowest BCUT2D eigenvalue weighted by Gasteiger charge is -2.33. The smallest absolute Gasteiger partial charge is 0.360 e. The fourth-order valence-electron chi connectivity index (χ4n) is 3.19. The van der Waals surface area contributed by atoms with Gasteiger partial charge in [-0.15, -0.1) is 0 Å². The first-order valence-corrected chi connectivity index (χ1v) is 8.84. The Morgan fingerprint density at radius 3 is 2.60 bits per heavy atom. The number of rotatable bonds is 6. The number of nitrogens with one attached hydrogen (secondary N) is 2. The zero-order chi connectivity index (χ0) is 18.4. The van der Waals surface area contributed by atoms with E-state index in [1.54, 1.807) is 6.07 Å². The van der Waals surface area contributed by atoms with Crippen LogP contribution in [-0.4, -0.2) is 44.7 Å². The number of carbonyl (C=O) groups excluding carboxylic acids is 1. The molecule has 0 aromatic heterocycles. The van der Waals surface area contributed by atoms with Crippen LogP contribution in [0, 0.1) is 0 Å². The molecule has 1 aromatic rings. The van der Waals surface area contributed by atoms with Crippen LogP contribution in [-0.2, 0) is 11.0 Å². The zero-order valence-corrected chi connectivity index (χ0v) is 14.8. The molecule has 0 saturated carbocycles. The topological polar surface area (TPSA) is 36.8 Å². The first kappa shape index (κ1) is 19.6. The molecule has 1 aromatic carbocycles. The van der Waals surface area contributed by atoms with E-state index in [0.717, 1.165) is 32.0 Å². The van der Waals surface area contributed by atoms with Crippen LogP contribution >= 0.6 is 0 Å². The highest BCUT2D eigenvalue weighted by Gasteiger charge is 2.31. The lowest BCUT2D eigenvalue weighted by atomic mass is 10.1. The number of carbonyl (C=O) groups is 1. The molecule has 0 bridgehead atoms. The van der Waals surface area contributed by atoms with E-state index in [2.05, 4.69) is 12.2 Å². The minimum Gasteiger partial charge on any atom is -0.360 e. The van der Waals surface area contributed by atoms with E-state index in [1.807, 2.05) is 11.8 Å². The highest BCUT2D eigenvalue weighted by Crippen LogP contribution is 2.31. The second-order valence-electron chi connectivity index (χ2n) is 6.72. The molecule has 25 heavy (non-hydrogen) atoms. The summed E-state index contributed by atoms with van der Waals surface area (Å²) in [5.74, 6) is 0.0449. The van der Waals surface area contributed by atoms with Gasteiger partial charge in [0.05, 0.1) is 31.7 Å². The van der Waals surface area contributed by atoms with Crippen molar-refractivity contribution in [1.82, 2.24) is 5.32 Å². The molecule has 1 aliphatic rings. The fourth-order valence-corrected chi connectivity index (χ4v) is 3.19. The Labute approximate surface area is 147 Å². The molecule has 140 valence electrons. The molecule has 1 saturated heterocycles. The molecule has 7 heteroatoms. The largest absolute Gasteiger partial charge is 0.416 e. The Balaban J connectivity index is 1.84. The molecule has 0 unspecified atom stereocenters. The number of alkyl halides is 3. The maximum atomic E-state index is 12.8. The highest BCUT2D eigenvalue weighted by atomic mass is 19.4. The van der Waals surface area contributed by atoms with Crippen LogP contribution in [0.5, 0.6) is 0 Å². The molecular formula is C18H27F3N3O+. The molecule has 1 fully saturated rings. The average Bonchev–Trinajstić information content (AvgIpc) is 2.55. The third kappa shape index (κ3) is 5.92. The maximum absolute atomic E-state index is 12.8. The molecule has 1 atom stereocenters. The van der Waals surface area contributed by atoms with Crippen LogP contribution in [0.1, 0.15) is 32.3 Å². The summed E-state index contributed by atoms with van der Waals surface area (Å²) in [5, 5.41) is 3.00. The van der Waals surface area contributed by atoms with Gasteiger partial charge in [-0.25, -0.2) is 0 Å². The summed E-state index contributed by atoms with van der Waals surface area (Å²) in [4.78, 5) is 15.2. The van der Waals surface area contributed by atoms with E-state index in [1.165, 1.54) is 17.0 Å². The van der Waals surface area contributed by atoms with E-state index in [-0.39, 0.29) is 11.9 Å². The maximum Gasteiger partial charge on any atom is 0.416 e. The fraction of sp³-hybridized carbons (Fsp3) is 0.611. The van der Waals surface area contributed by atoms with Crippen molar-refractivity contribution >= 4 is 11.6 Å². The Kier molecular flexibility index (Phi) is 6.70. The monoisotopic (exact) mass is 358 g/mol. The second kappa shape index (κ2) is 8.56. The Bertz CT molecular complexity index is 569. The number of piperazine rings is 1. The molecule has 1 amide bonds. The third-order valence-corrected chi connectivity index (χ3v) is 4.55. The van der Waals surface area contributed by atoms with Gasteiger partial charge in [0, 0.05) is 11.7 Å². The van der Waals surface area contributed by atoms with Gasteiger partial charge in [-0.05, 0) is 31.5 Å². The van der Waals surface area contributed by atoms with Crippen LogP contribution in [0.15, 0.2) is 24.3 Å². The molecule has 1 heterocycles. The highest BCUT2D eigenvalue weighted by molar-refractivity contribution is 5.77. The quantitative estimate of drug-likeness (QED) is 0.812. The number of benzene rings is 1. The van der Waals surface area contributed by atoms with Gasteiger partial charge in [0.1, 0.15) is 0 Å². The molecule has 2 rings (SSSR count). The first-order valence-electron chi connectivity index (χ1n) is 8.84. The lowest BCUT2D eigenvalue weighted by Crippen LogP contribution is -3.16. The van der Waals surface area contributed by atoms with Gasteiger partial charge in [-0.1, -0.05) is 19.4 Å². The van der Waals surface area contributed by atoms with Crippen LogP contribution in [0.3, 0.4) is 0 Å². The summed E-state index contributed by atoms with van der Waals surface area (Å²) in [7, 11) is 0. The van der Waals surface area contributed by atoms with Gasteiger partial charge in [0.2, 0.25) is 0 Å². The van der Waals surface area contributed by atoms with Gasteiger partial charge in [0.15, 0.2) is 6.54 Å².